The van der Waals surface area contributed by atoms with Crippen LogP contribution in [0.5, 0.6) is 5.75 Å². The molecule has 1 amide bonds. The molecule has 3 aromatic carbocycles. The van der Waals surface area contributed by atoms with Crippen LogP contribution in [0.15, 0.2) is 73.4 Å². The summed E-state index contributed by atoms with van der Waals surface area (Å²) >= 11 is 0. The van der Waals surface area contributed by atoms with E-state index in [-0.39, 0.29) is 11.9 Å². The number of rotatable bonds is 7. The van der Waals surface area contributed by atoms with Crippen molar-refractivity contribution in [1.82, 2.24) is 14.8 Å². The van der Waals surface area contributed by atoms with Crippen LogP contribution in [0.3, 0.4) is 0 Å². The van der Waals surface area contributed by atoms with E-state index in [1.807, 2.05) is 75.4 Å². The molecule has 2 heterocycles. The zero-order valence-electron chi connectivity index (χ0n) is 24.6. The Bertz CT molecular complexity index is 1610. The Balaban J connectivity index is 1.30. The maximum atomic E-state index is 15.5. The molecule has 1 aliphatic rings. The van der Waals surface area contributed by atoms with E-state index in [1.165, 1.54) is 0 Å². The van der Waals surface area contributed by atoms with Crippen LogP contribution in [0.4, 0.5) is 20.6 Å². The van der Waals surface area contributed by atoms with Crippen molar-refractivity contribution in [3.8, 4) is 16.9 Å². The molecule has 0 saturated carbocycles. The molecule has 0 atom stereocenters. The third-order valence-electron chi connectivity index (χ3n) is 7.24. The lowest BCUT2D eigenvalue weighted by Gasteiger charge is -2.35. The van der Waals surface area contributed by atoms with Crippen molar-refractivity contribution in [2.45, 2.75) is 32.9 Å². The monoisotopic (exact) mass is 568 g/mol. The number of hydrogen-bond donors (Lipinski definition) is 1. The van der Waals surface area contributed by atoms with Gasteiger partial charge in [0.15, 0.2) is 0 Å². The highest BCUT2D eigenvalue weighted by molar-refractivity contribution is 5.96. The zero-order chi connectivity index (χ0) is 29.9. The van der Waals surface area contributed by atoms with E-state index in [0.717, 1.165) is 44.7 Å². The van der Waals surface area contributed by atoms with Gasteiger partial charge in [0.25, 0.3) is 0 Å². The molecule has 7 nitrogen and oxygen atoms in total. The van der Waals surface area contributed by atoms with Gasteiger partial charge in [-0.2, -0.15) is 0 Å². The van der Waals surface area contributed by atoms with Crippen LogP contribution in [0.1, 0.15) is 31.9 Å². The minimum absolute atomic E-state index is 0.275. The van der Waals surface area contributed by atoms with Gasteiger partial charge in [0.1, 0.15) is 17.2 Å². The summed E-state index contributed by atoms with van der Waals surface area (Å²) < 4.78 is 26.4. The van der Waals surface area contributed by atoms with Crippen molar-refractivity contribution < 1.29 is 18.7 Å². The maximum absolute atomic E-state index is 15.5. The second kappa shape index (κ2) is 12.2. The van der Waals surface area contributed by atoms with E-state index in [0.29, 0.717) is 38.3 Å². The van der Waals surface area contributed by atoms with Gasteiger partial charge in [0.05, 0.1) is 12.6 Å². The quantitative estimate of drug-likeness (QED) is 0.249. The lowest BCUT2D eigenvalue weighted by Crippen LogP contribution is -2.49. The molecule has 1 aliphatic heterocycles. The van der Waals surface area contributed by atoms with E-state index in [9.17, 15) is 4.79 Å². The van der Waals surface area contributed by atoms with Crippen molar-refractivity contribution in [3.63, 3.8) is 0 Å². The number of fused-ring (bicyclic) bond motifs is 1. The molecule has 0 unspecified atom stereocenters. The Morgan fingerprint density at radius 2 is 1.83 bits per heavy atom. The highest BCUT2D eigenvalue weighted by atomic mass is 19.1. The fourth-order valence-corrected chi connectivity index (χ4v) is 5.11. The molecule has 5 rings (SSSR count). The van der Waals surface area contributed by atoms with Crippen molar-refractivity contribution in [1.29, 1.82) is 0 Å². The molecule has 1 fully saturated rings. The summed E-state index contributed by atoms with van der Waals surface area (Å²) in [6.45, 7) is 12.7. The van der Waals surface area contributed by atoms with Crippen molar-refractivity contribution in [2.24, 2.45) is 0 Å². The number of pyridine rings is 1. The summed E-state index contributed by atoms with van der Waals surface area (Å²) in [4.78, 5) is 20.8. The smallest absolute Gasteiger partial charge is 0.410 e. The van der Waals surface area contributed by atoms with Crippen LogP contribution in [-0.4, -0.2) is 59.8 Å². The second-order valence-corrected chi connectivity index (χ2v) is 11.4. The zero-order valence-corrected chi connectivity index (χ0v) is 24.6. The number of nitrogens with zero attached hydrogens (tertiary/aromatic N) is 3. The average Bonchev–Trinajstić information content (AvgIpc) is 2.96. The number of carbonyl (C=O) groups is 1. The molecule has 0 radical (unpaired) electrons. The number of piperazine rings is 1. The molecule has 1 N–H and O–H groups in total. The van der Waals surface area contributed by atoms with E-state index in [2.05, 4.69) is 21.8 Å². The highest BCUT2D eigenvalue weighted by Gasteiger charge is 2.26. The predicted molar refractivity (Wildman–Crippen MR) is 167 cm³/mol. The minimum Gasteiger partial charge on any atom is -0.496 e. The number of ether oxygens (including phenoxy) is 2. The number of halogens is 1. The van der Waals surface area contributed by atoms with Gasteiger partial charge in [-0.15, -0.1) is 0 Å². The first-order valence-corrected chi connectivity index (χ1v) is 14.1. The molecule has 0 bridgehead atoms. The van der Waals surface area contributed by atoms with Gasteiger partial charge >= 0.3 is 6.09 Å². The first kappa shape index (κ1) is 29.1. The highest BCUT2D eigenvalue weighted by Crippen LogP contribution is 2.33. The Hall–Kier alpha value is -4.43. The summed E-state index contributed by atoms with van der Waals surface area (Å²) in [6.07, 6.45) is 3.22. The number of hydrogen-bond acceptors (Lipinski definition) is 6. The van der Waals surface area contributed by atoms with Gasteiger partial charge in [-0.1, -0.05) is 30.9 Å². The van der Waals surface area contributed by atoms with Crippen molar-refractivity contribution in [3.05, 3.63) is 90.4 Å². The molecular weight excluding hydrogens is 531 g/mol. The van der Waals surface area contributed by atoms with Crippen molar-refractivity contribution in [2.75, 3.05) is 38.6 Å². The van der Waals surface area contributed by atoms with Crippen LogP contribution in [0.25, 0.3) is 28.1 Å². The number of aromatic nitrogens is 1. The largest absolute Gasteiger partial charge is 0.496 e. The molecule has 42 heavy (non-hydrogen) atoms. The molecule has 0 aliphatic carbocycles. The number of nitrogens with one attached hydrogen (secondary N) is 1. The topological polar surface area (TPSA) is 66.9 Å². The SMILES string of the molecule is C=Cc1cc(Nc2ccnc3ccc(-c4ccc(CN5CCN(C(=O)OC(C)(C)C)CC5)cc4F)cc23)ccc1OC. The van der Waals surface area contributed by atoms with Crippen LogP contribution >= 0.6 is 0 Å². The summed E-state index contributed by atoms with van der Waals surface area (Å²) in [5.41, 5.74) is 5.12. The van der Waals surface area contributed by atoms with Gasteiger partial charge in [-0.05, 0) is 74.4 Å². The maximum Gasteiger partial charge on any atom is 0.410 e. The number of amides is 1. The molecule has 0 spiro atoms. The van der Waals surface area contributed by atoms with E-state index >= 15 is 4.39 Å². The average molecular weight is 569 g/mol. The number of carbonyl (C=O) groups excluding carboxylic acids is 1. The fraction of sp³-hybridized carbons (Fsp3) is 0.294. The van der Waals surface area contributed by atoms with E-state index < -0.39 is 5.60 Å². The lowest BCUT2D eigenvalue weighted by atomic mass is 10.00. The number of methoxy groups -OCH3 is 1. The van der Waals surface area contributed by atoms with Gasteiger partial charge < -0.3 is 19.7 Å². The third kappa shape index (κ3) is 6.71. The molecule has 8 heteroatoms. The Morgan fingerprint density at radius 1 is 1.05 bits per heavy atom. The van der Waals surface area contributed by atoms with Crippen LogP contribution in [0, 0.1) is 5.82 Å². The van der Waals surface area contributed by atoms with E-state index in [4.69, 9.17) is 9.47 Å². The van der Waals surface area contributed by atoms with Crippen LogP contribution in [0.2, 0.25) is 0 Å². The first-order valence-electron chi connectivity index (χ1n) is 14.1. The summed E-state index contributed by atoms with van der Waals surface area (Å²) in [5.74, 6) is 0.475. The summed E-state index contributed by atoms with van der Waals surface area (Å²) in [6, 6.07) is 18.9. The third-order valence-corrected chi connectivity index (χ3v) is 7.24. The molecule has 1 aromatic heterocycles. The molecule has 4 aromatic rings. The summed E-state index contributed by atoms with van der Waals surface area (Å²) in [5, 5.41) is 4.35. The van der Waals surface area contributed by atoms with Gasteiger partial charge in [-0.3, -0.25) is 9.88 Å². The Kier molecular flexibility index (Phi) is 8.45. The van der Waals surface area contributed by atoms with Crippen LogP contribution < -0.4 is 10.1 Å². The second-order valence-electron chi connectivity index (χ2n) is 11.4. The first-order chi connectivity index (χ1) is 20.1. The standard InChI is InChI=1S/C34H37FN4O3/c1-6-24-20-26(9-12-32(24)41-5)37-31-13-14-36-30-11-8-25(21-28(30)31)27-10-7-23(19-29(27)35)22-38-15-17-39(18-16-38)33(40)42-34(2,3)4/h6-14,19-21H,1,15-18,22H2,2-5H3,(H,36,37). The normalized spacial score (nSPS) is 14.1. The predicted octanol–water partition coefficient (Wildman–Crippen LogP) is 7.49. The lowest BCUT2D eigenvalue weighted by molar-refractivity contribution is 0.0139. The number of anilines is 2. The molecule has 1 saturated heterocycles. The van der Waals surface area contributed by atoms with Crippen LogP contribution in [-0.2, 0) is 11.3 Å². The van der Waals surface area contributed by atoms with E-state index in [1.54, 1.807) is 30.3 Å². The fourth-order valence-electron chi connectivity index (χ4n) is 5.11. The number of benzene rings is 3. The van der Waals surface area contributed by atoms with Gasteiger partial charge in [-0.25, -0.2) is 9.18 Å². The molecular formula is C34H37FN4O3. The van der Waals surface area contributed by atoms with Crippen molar-refractivity contribution >= 4 is 34.4 Å². The van der Waals surface area contributed by atoms with Gasteiger partial charge in [0, 0.05) is 66.8 Å². The minimum atomic E-state index is -0.515. The molecule has 218 valence electrons. The Morgan fingerprint density at radius 3 is 2.52 bits per heavy atom. The van der Waals surface area contributed by atoms with Gasteiger partial charge in [0.2, 0.25) is 0 Å². The summed E-state index contributed by atoms with van der Waals surface area (Å²) in [7, 11) is 1.63. The Labute approximate surface area is 246 Å².